The van der Waals surface area contributed by atoms with Gasteiger partial charge in [0.25, 0.3) is 0 Å². The molecular weight excluding hydrogens is 380 g/mol. The van der Waals surface area contributed by atoms with Gasteiger partial charge in [-0.3, -0.25) is 4.79 Å². The van der Waals surface area contributed by atoms with E-state index in [1.165, 1.54) is 0 Å². The number of H-pyrrole nitrogens is 1. The van der Waals surface area contributed by atoms with E-state index in [0.29, 0.717) is 19.5 Å². The zero-order valence-corrected chi connectivity index (χ0v) is 11.3. The lowest BCUT2D eigenvalue weighted by molar-refractivity contribution is 1.36. The van der Waals surface area contributed by atoms with Crippen LogP contribution in [0, 0.1) is 3.57 Å². The first-order valence-corrected chi connectivity index (χ1v) is 6.00. The number of benzene rings is 1. The van der Waals surface area contributed by atoms with Crippen LogP contribution in [0.25, 0.3) is 10.9 Å². The standard InChI is InChI=1S/C9H4BrClINO/c10-4-1-5-8(6(11)2-4)13-3-7(12)9(5)14/h1-3H,(H,13,14). The Labute approximate surface area is 107 Å². The van der Waals surface area contributed by atoms with Crippen molar-refractivity contribution in [1.82, 2.24) is 4.98 Å². The number of aromatic amines is 1. The molecule has 5 heteroatoms. The van der Waals surface area contributed by atoms with Gasteiger partial charge < -0.3 is 4.98 Å². The lowest BCUT2D eigenvalue weighted by Gasteiger charge is -2.01. The molecule has 2 aromatic rings. The summed E-state index contributed by atoms with van der Waals surface area (Å²) in [5, 5.41) is 1.15. The van der Waals surface area contributed by atoms with Gasteiger partial charge in [-0.15, -0.1) is 0 Å². The van der Waals surface area contributed by atoms with Gasteiger partial charge in [0.15, 0.2) is 0 Å². The highest BCUT2D eigenvalue weighted by molar-refractivity contribution is 14.1. The summed E-state index contributed by atoms with van der Waals surface area (Å²) in [6.45, 7) is 0. The minimum absolute atomic E-state index is 0.00236. The Morgan fingerprint density at radius 1 is 1.43 bits per heavy atom. The van der Waals surface area contributed by atoms with Gasteiger partial charge in [0, 0.05) is 16.1 Å². The molecule has 1 aromatic heterocycles. The fourth-order valence-corrected chi connectivity index (χ4v) is 2.54. The third kappa shape index (κ3) is 1.70. The summed E-state index contributed by atoms with van der Waals surface area (Å²) in [6.07, 6.45) is 1.66. The summed E-state index contributed by atoms with van der Waals surface area (Å²) < 4.78 is 1.46. The van der Waals surface area contributed by atoms with Gasteiger partial charge >= 0.3 is 0 Å². The largest absolute Gasteiger partial charge is 0.359 e. The molecule has 0 saturated carbocycles. The topological polar surface area (TPSA) is 32.9 Å². The monoisotopic (exact) mass is 383 g/mol. The molecule has 0 bridgehead atoms. The Bertz CT molecular complexity index is 566. The van der Waals surface area contributed by atoms with Crippen molar-refractivity contribution in [1.29, 1.82) is 0 Å². The molecule has 0 unspecified atom stereocenters. The van der Waals surface area contributed by atoms with Crippen molar-refractivity contribution < 1.29 is 0 Å². The molecule has 0 spiro atoms. The summed E-state index contributed by atoms with van der Waals surface area (Å²) in [6, 6.07) is 3.52. The first kappa shape index (κ1) is 10.4. The average molecular weight is 384 g/mol. The van der Waals surface area contributed by atoms with Gasteiger partial charge in [-0.05, 0) is 34.7 Å². The summed E-state index contributed by atoms with van der Waals surface area (Å²) in [7, 11) is 0. The molecule has 1 aromatic carbocycles. The van der Waals surface area contributed by atoms with Crippen LogP contribution in [-0.2, 0) is 0 Å². The van der Waals surface area contributed by atoms with E-state index in [-0.39, 0.29) is 5.43 Å². The van der Waals surface area contributed by atoms with Crippen LogP contribution in [0.3, 0.4) is 0 Å². The Morgan fingerprint density at radius 3 is 2.86 bits per heavy atom. The van der Waals surface area contributed by atoms with Crippen LogP contribution < -0.4 is 5.43 Å². The maximum absolute atomic E-state index is 11.7. The van der Waals surface area contributed by atoms with E-state index < -0.39 is 0 Å². The van der Waals surface area contributed by atoms with E-state index in [9.17, 15) is 4.79 Å². The maximum Gasteiger partial charge on any atom is 0.202 e. The van der Waals surface area contributed by atoms with E-state index in [1.807, 2.05) is 22.6 Å². The Kier molecular flexibility index (Phi) is 2.86. The van der Waals surface area contributed by atoms with Crippen molar-refractivity contribution in [3.8, 4) is 0 Å². The molecule has 0 aliphatic carbocycles. The third-order valence-corrected chi connectivity index (χ3v) is 3.42. The smallest absolute Gasteiger partial charge is 0.202 e. The highest BCUT2D eigenvalue weighted by Crippen LogP contribution is 2.24. The predicted molar refractivity (Wildman–Crippen MR) is 70.0 cm³/mol. The van der Waals surface area contributed by atoms with Gasteiger partial charge in [0.05, 0.1) is 14.1 Å². The molecular formula is C9H4BrClINO. The average Bonchev–Trinajstić information content (AvgIpc) is 2.12. The highest BCUT2D eigenvalue weighted by atomic mass is 127. The van der Waals surface area contributed by atoms with E-state index in [4.69, 9.17) is 11.6 Å². The lowest BCUT2D eigenvalue weighted by atomic mass is 10.2. The molecule has 0 aliphatic rings. The second-order valence-electron chi connectivity index (χ2n) is 2.78. The Balaban J connectivity index is 3.03. The van der Waals surface area contributed by atoms with Crippen molar-refractivity contribution in [2.24, 2.45) is 0 Å². The summed E-state index contributed by atoms with van der Waals surface area (Å²) in [5.74, 6) is 0. The minimum Gasteiger partial charge on any atom is -0.359 e. The minimum atomic E-state index is 0.00236. The summed E-state index contributed by atoms with van der Waals surface area (Å²) >= 11 is 11.3. The molecule has 0 radical (unpaired) electrons. The Hall–Kier alpha value is -0.0700. The molecule has 1 N–H and O–H groups in total. The van der Waals surface area contributed by atoms with Crippen LogP contribution in [-0.4, -0.2) is 4.98 Å². The number of fused-ring (bicyclic) bond motifs is 1. The van der Waals surface area contributed by atoms with Crippen molar-refractivity contribution >= 4 is 61.0 Å². The molecule has 0 fully saturated rings. The second kappa shape index (κ2) is 3.83. The zero-order valence-electron chi connectivity index (χ0n) is 6.77. The number of rotatable bonds is 0. The molecule has 0 aliphatic heterocycles. The molecule has 1 heterocycles. The van der Waals surface area contributed by atoms with E-state index in [1.54, 1.807) is 18.3 Å². The molecule has 72 valence electrons. The van der Waals surface area contributed by atoms with E-state index in [2.05, 4.69) is 20.9 Å². The number of nitrogens with one attached hydrogen (secondary N) is 1. The van der Waals surface area contributed by atoms with Crippen LogP contribution in [0.15, 0.2) is 27.6 Å². The van der Waals surface area contributed by atoms with Crippen LogP contribution >= 0.6 is 50.1 Å². The molecule has 2 nitrogen and oxygen atoms in total. The van der Waals surface area contributed by atoms with E-state index >= 15 is 0 Å². The first-order chi connectivity index (χ1) is 6.59. The number of halogens is 3. The molecule has 14 heavy (non-hydrogen) atoms. The maximum atomic E-state index is 11.7. The number of hydrogen-bond donors (Lipinski definition) is 1. The van der Waals surface area contributed by atoms with E-state index in [0.717, 1.165) is 4.47 Å². The predicted octanol–water partition coefficient (Wildman–Crippen LogP) is 3.55. The molecule has 0 atom stereocenters. The van der Waals surface area contributed by atoms with Crippen LogP contribution in [0.5, 0.6) is 0 Å². The van der Waals surface area contributed by atoms with Gasteiger partial charge in [-0.2, -0.15) is 0 Å². The molecule has 0 amide bonds. The van der Waals surface area contributed by atoms with Crippen LogP contribution in [0.1, 0.15) is 0 Å². The fraction of sp³-hybridized carbons (Fsp3) is 0. The van der Waals surface area contributed by atoms with Crippen molar-refractivity contribution in [3.05, 3.63) is 41.6 Å². The van der Waals surface area contributed by atoms with Crippen molar-refractivity contribution in [2.75, 3.05) is 0 Å². The highest BCUT2D eigenvalue weighted by Gasteiger charge is 2.06. The van der Waals surface area contributed by atoms with Crippen molar-refractivity contribution in [3.63, 3.8) is 0 Å². The van der Waals surface area contributed by atoms with Gasteiger partial charge in [-0.25, -0.2) is 0 Å². The molecule has 0 saturated heterocycles. The summed E-state index contributed by atoms with van der Waals surface area (Å²) in [5.41, 5.74) is 0.683. The molecule has 2 rings (SSSR count). The number of aromatic nitrogens is 1. The van der Waals surface area contributed by atoms with Crippen LogP contribution in [0.2, 0.25) is 5.02 Å². The number of pyridine rings is 1. The quantitative estimate of drug-likeness (QED) is 0.693. The zero-order chi connectivity index (χ0) is 10.3. The SMILES string of the molecule is O=c1c(I)c[nH]c2c(Cl)cc(Br)cc12. The van der Waals surface area contributed by atoms with Crippen molar-refractivity contribution in [2.45, 2.75) is 0 Å². The third-order valence-electron chi connectivity index (χ3n) is 1.86. The lowest BCUT2D eigenvalue weighted by Crippen LogP contribution is -2.06. The van der Waals surface area contributed by atoms with Gasteiger partial charge in [0.1, 0.15) is 0 Å². The summed E-state index contributed by atoms with van der Waals surface area (Å²) in [4.78, 5) is 14.7. The Morgan fingerprint density at radius 2 is 2.14 bits per heavy atom. The first-order valence-electron chi connectivity index (χ1n) is 3.75. The van der Waals surface area contributed by atoms with Crippen LogP contribution in [0.4, 0.5) is 0 Å². The number of hydrogen-bond acceptors (Lipinski definition) is 1. The van der Waals surface area contributed by atoms with Gasteiger partial charge in [-0.1, -0.05) is 27.5 Å². The normalized spacial score (nSPS) is 10.8. The second-order valence-corrected chi connectivity index (χ2v) is 5.26. The van der Waals surface area contributed by atoms with Gasteiger partial charge in [0.2, 0.25) is 5.43 Å². The fourth-order valence-electron chi connectivity index (χ4n) is 1.23.